The Morgan fingerprint density at radius 1 is 1.69 bits per heavy atom. The minimum atomic E-state index is 0.149. The summed E-state index contributed by atoms with van der Waals surface area (Å²) in [5.41, 5.74) is 5.69. The number of likely N-dealkylation sites (N-methyl/N-ethyl adjacent to an activating group) is 1. The number of rotatable bonds is 3. The summed E-state index contributed by atoms with van der Waals surface area (Å²) in [6.07, 6.45) is 3.34. The molecule has 0 aliphatic rings. The van der Waals surface area contributed by atoms with Gasteiger partial charge in [0.25, 0.3) is 0 Å². The number of halogens is 1. The smallest absolute Gasteiger partial charge is 0.145 e. The fourth-order valence-corrected chi connectivity index (χ4v) is 1.82. The third kappa shape index (κ3) is 3.07. The van der Waals surface area contributed by atoms with E-state index in [1.807, 2.05) is 18.9 Å². The lowest BCUT2D eigenvalue weighted by atomic mass is 10.3. The predicted molar refractivity (Wildman–Crippen MR) is 61.7 cm³/mol. The number of aromatic nitrogens is 2. The van der Waals surface area contributed by atoms with Crippen LogP contribution in [-0.2, 0) is 0 Å². The molecule has 2 N–H and O–H groups in total. The molecule has 1 unspecified atom stereocenters. The average Bonchev–Trinajstić information content (AvgIpc) is 2.03. The molecule has 0 aromatic carbocycles. The van der Waals surface area contributed by atoms with E-state index >= 15 is 0 Å². The molecule has 1 heterocycles. The molecule has 13 heavy (non-hydrogen) atoms. The highest BCUT2D eigenvalue weighted by Gasteiger charge is 2.07. The quantitative estimate of drug-likeness (QED) is 0.840. The summed E-state index contributed by atoms with van der Waals surface area (Å²) in [7, 11) is 1.98. The summed E-state index contributed by atoms with van der Waals surface area (Å²) < 4.78 is 1.04. The zero-order valence-electron chi connectivity index (χ0n) is 7.74. The molecule has 0 fully saturated rings. The van der Waals surface area contributed by atoms with E-state index in [2.05, 4.69) is 32.6 Å². The van der Waals surface area contributed by atoms with Gasteiger partial charge in [-0.3, -0.25) is 0 Å². The van der Waals surface area contributed by atoms with E-state index in [9.17, 15) is 0 Å². The summed E-state index contributed by atoms with van der Waals surface area (Å²) >= 11 is 2.21. The van der Waals surface area contributed by atoms with Crippen LogP contribution in [0.1, 0.15) is 6.92 Å². The van der Waals surface area contributed by atoms with Gasteiger partial charge >= 0.3 is 0 Å². The lowest BCUT2D eigenvalue weighted by molar-refractivity contribution is 0.710. The van der Waals surface area contributed by atoms with Crippen molar-refractivity contribution in [2.75, 3.05) is 18.5 Å². The topological polar surface area (TPSA) is 55.0 Å². The van der Waals surface area contributed by atoms with Gasteiger partial charge in [-0.1, -0.05) is 0 Å². The van der Waals surface area contributed by atoms with Crippen LogP contribution in [0.4, 0.5) is 5.82 Å². The molecule has 0 saturated carbocycles. The average molecular weight is 292 g/mol. The fraction of sp³-hybridized carbons (Fsp3) is 0.500. The first-order valence-corrected chi connectivity index (χ1v) is 5.11. The molecule has 5 heteroatoms. The molecular weight excluding hydrogens is 279 g/mol. The molecule has 1 aromatic rings. The summed E-state index contributed by atoms with van der Waals surface area (Å²) in [6.45, 7) is 2.78. The van der Waals surface area contributed by atoms with Crippen molar-refractivity contribution >= 4 is 28.4 Å². The van der Waals surface area contributed by atoms with Gasteiger partial charge in [0.15, 0.2) is 0 Å². The van der Waals surface area contributed by atoms with Crippen LogP contribution in [0, 0.1) is 3.57 Å². The van der Waals surface area contributed by atoms with E-state index in [0.29, 0.717) is 0 Å². The molecule has 1 rings (SSSR count). The van der Waals surface area contributed by atoms with Gasteiger partial charge in [0.1, 0.15) is 12.1 Å². The van der Waals surface area contributed by atoms with Crippen molar-refractivity contribution in [3.63, 3.8) is 0 Å². The summed E-state index contributed by atoms with van der Waals surface area (Å²) in [4.78, 5) is 10.1. The molecule has 0 radical (unpaired) electrons. The van der Waals surface area contributed by atoms with Crippen LogP contribution in [0.5, 0.6) is 0 Å². The van der Waals surface area contributed by atoms with E-state index in [-0.39, 0.29) is 6.04 Å². The number of hydrogen-bond donors (Lipinski definition) is 1. The van der Waals surface area contributed by atoms with Crippen molar-refractivity contribution in [2.24, 2.45) is 5.73 Å². The second-order valence-corrected chi connectivity index (χ2v) is 4.21. The second kappa shape index (κ2) is 4.71. The Kier molecular flexibility index (Phi) is 3.86. The van der Waals surface area contributed by atoms with Crippen LogP contribution in [0.15, 0.2) is 12.5 Å². The third-order valence-corrected chi connectivity index (χ3v) is 2.33. The van der Waals surface area contributed by atoms with Gasteiger partial charge in [0, 0.05) is 25.8 Å². The standard InChI is InChI=1S/C8H13IN4/c1-6(10)4-13(2)8-7(9)3-11-5-12-8/h3,5-6H,4,10H2,1-2H3. The molecule has 1 aromatic heterocycles. The summed E-state index contributed by atoms with van der Waals surface area (Å²) in [5, 5.41) is 0. The van der Waals surface area contributed by atoms with Crippen molar-refractivity contribution in [2.45, 2.75) is 13.0 Å². The molecule has 0 amide bonds. The Morgan fingerprint density at radius 3 is 2.92 bits per heavy atom. The summed E-state index contributed by atoms with van der Waals surface area (Å²) in [5.74, 6) is 0.938. The van der Waals surface area contributed by atoms with E-state index < -0.39 is 0 Å². The first-order chi connectivity index (χ1) is 6.11. The van der Waals surface area contributed by atoms with Crippen molar-refractivity contribution in [3.05, 3.63) is 16.1 Å². The third-order valence-electron chi connectivity index (χ3n) is 1.57. The molecule has 1 atom stereocenters. The number of hydrogen-bond acceptors (Lipinski definition) is 4. The first kappa shape index (κ1) is 10.6. The lowest BCUT2D eigenvalue weighted by Gasteiger charge is -2.20. The Labute approximate surface area is 91.7 Å². The van der Waals surface area contributed by atoms with Gasteiger partial charge < -0.3 is 10.6 Å². The highest BCUT2D eigenvalue weighted by molar-refractivity contribution is 14.1. The van der Waals surface area contributed by atoms with Crippen LogP contribution in [0.3, 0.4) is 0 Å². The molecule has 0 spiro atoms. The van der Waals surface area contributed by atoms with Crippen molar-refractivity contribution in [1.29, 1.82) is 0 Å². The maximum absolute atomic E-state index is 5.69. The number of anilines is 1. The molecule has 0 aliphatic heterocycles. The number of nitrogens with zero attached hydrogens (tertiary/aromatic N) is 3. The Balaban J connectivity index is 2.76. The maximum Gasteiger partial charge on any atom is 0.145 e. The van der Waals surface area contributed by atoms with Crippen LogP contribution in [-0.4, -0.2) is 29.6 Å². The van der Waals surface area contributed by atoms with Crippen LogP contribution in [0.25, 0.3) is 0 Å². The van der Waals surface area contributed by atoms with E-state index in [0.717, 1.165) is 15.9 Å². The van der Waals surface area contributed by atoms with E-state index in [4.69, 9.17) is 5.73 Å². The van der Waals surface area contributed by atoms with Crippen molar-refractivity contribution < 1.29 is 0 Å². The molecule has 72 valence electrons. The van der Waals surface area contributed by atoms with Crippen molar-refractivity contribution in [1.82, 2.24) is 9.97 Å². The zero-order valence-corrected chi connectivity index (χ0v) is 9.89. The highest BCUT2D eigenvalue weighted by atomic mass is 127. The fourth-order valence-electron chi connectivity index (χ4n) is 1.11. The Morgan fingerprint density at radius 2 is 2.38 bits per heavy atom. The predicted octanol–water partition coefficient (Wildman–Crippen LogP) is 0.865. The van der Waals surface area contributed by atoms with E-state index in [1.165, 1.54) is 0 Å². The van der Waals surface area contributed by atoms with Gasteiger partial charge in [-0.15, -0.1) is 0 Å². The molecule has 4 nitrogen and oxygen atoms in total. The Bertz CT molecular complexity index is 277. The van der Waals surface area contributed by atoms with Gasteiger partial charge in [0.05, 0.1) is 3.57 Å². The maximum atomic E-state index is 5.69. The minimum absolute atomic E-state index is 0.149. The van der Waals surface area contributed by atoms with Crippen LogP contribution < -0.4 is 10.6 Å². The van der Waals surface area contributed by atoms with Crippen molar-refractivity contribution in [3.8, 4) is 0 Å². The molecule has 0 aliphatic carbocycles. The lowest BCUT2D eigenvalue weighted by Crippen LogP contribution is -2.33. The van der Waals surface area contributed by atoms with Gasteiger partial charge in [-0.25, -0.2) is 9.97 Å². The molecule has 0 bridgehead atoms. The Hall–Kier alpha value is -0.430. The van der Waals surface area contributed by atoms with Crippen LogP contribution >= 0.6 is 22.6 Å². The SMILES string of the molecule is CC(N)CN(C)c1ncncc1I. The van der Waals surface area contributed by atoms with Gasteiger partial charge in [0.2, 0.25) is 0 Å². The van der Waals surface area contributed by atoms with E-state index in [1.54, 1.807) is 12.5 Å². The summed E-state index contributed by atoms with van der Waals surface area (Å²) in [6, 6.07) is 0.149. The van der Waals surface area contributed by atoms with Gasteiger partial charge in [-0.05, 0) is 29.5 Å². The second-order valence-electron chi connectivity index (χ2n) is 3.05. The molecule has 0 saturated heterocycles. The van der Waals surface area contributed by atoms with Gasteiger partial charge in [-0.2, -0.15) is 0 Å². The highest BCUT2D eigenvalue weighted by Crippen LogP contribution is 2.16. The normalized spacial score (nSPS) is 12.6. The largest absolute Gasteiger partial charge is 0.357 e. The zero-order chi connectivity index (χ0) is 9.84. The molecular formula is C8H13IN4. The monoisotopic (exact) mass is 292 g/mol. The number of nitrogens with two attached hydrogens (primary N) is 1. The first-order valence-electron chi connectivity index (χ1n) is 4.03. The minimum Gasteiger partial charge on any atom is -0.357 e. The van der Waals surface area contributed by atoms with Crippen LogP contribution in [0.2, 0.25) is 0 Å².